The first-order chi connectivity index (χ1) is 12.0. The van der Waals surface area contributed by atoms with E-state index in [4.69, 9.17) is 11.6 Å². The minimum atomic E-state index is -0.302. The van der Waals surface area contributed by atoms with E-state index < -0.39 is 0 Å². The fraction of sp³-hybridized carbons (Fsp3) is 0.294. The van der Waals surface area contributed by atoms with Gasteiger partial charge in [0.15, 0.2) is 5.82 Å². The molecule has 0 atom stereocenters. The summed E-state index contributed by atoms with van der Waals surface area (Å²) in [7, 11) is 0. The van der Waals surface area contributed by atoms with Gasteiger partial charge < -0.3 is 9.88 Å². The number of aromatic nitrogens is 4. The predicted molar refractivity (Wildman–Crippen MR) is 95.7 cm³/mol. The molecule has 3 aromatic rings. The van der Waals surface area contributed by atoms with Gasteiger partial charge in [-0.15, -0.1) is 5.10 Å². The average molecular weight is 360 g/mol. The predicted octanol–water partition coefficient (Wildman–Crippen LogP) is 2.05. The van der Waals surface area contributed by atoms with Crippen molar-refractivity contribution in [3.05, 3.63) is 51.4 Å². The first-order valence-electron chi connectivity index (χ1n) is 8.00. The van der Waals surface area contributed by atoms with Crippen molar-refractivity contribution >= 4 is 23.3 Å². The first kappa shape index (κ1) is 17.2. The summed E-state index contributed by atoms with van der Waals surface area (Å²) in [6.07, 6.45) is 0.853. The van der Waals surface area contributed by atoms with Gasteiger partial charge in [-0.1, -0.05) is 30.7 Å². The quantitative estimate of drug-likeness (QED) is 0.756. The first-order valence-corrected chi connectivity index (χ1v) is 8.38. The molecule has 0 spiro atoms. The van der Waals surface area contributed by atoms with Gasteiger partial charge in [0.25, 0.3) is 5.56 Å². The Morgan fingerprint density at radius 1 is 1.32 bits per heavy atom. The molecule has 1 amide bonds. The third-order valence-electron chi connectivity index (χ3n) is 3.79. The number of hydrogen-bond acceptors (Lipinski definition) is 4. The lowest BCUT2D eigenvalue weighted by Crippen LogP contribution is -2.30. The topological polar surface area (TPSA) is 81.3 Å². The molecule has 0 unspecified atom stereocenters. The number of benzene rings is 1. The summed E-state index contributed by atoms with van der Waals surface area (Å²) in [4.78, 5) is 28.8. The van der Waals surface area contributed by atoms with Gasteiger partial charge >= 0.3 is 0 Å². The van der Waals surface area contributed by atoms with Gasteiger partial charge in [-0.25, -0.2) is 0 Å². The number of carbonyl (C=O) groups excluding carboxylic acids is 1. The molecule has 0 aliphatic carbocycles. The van der Waals surface area contributed by atoms with Crippen molar-refractivity contribution < 1.29 is 4.79 Å². The van der Waals surface area contributed by atoms with Crippen LogP contribution in [0.2, 0.25) is 5.02 Å². The Kier molecular flexibility index (Phi) is 4.85. The fourth-order valence-electron chi connectivity index (χ4n) is 2.52. The van der Waals surface area contributed by atoms with E-state index in [2.05, 4.69) is 15.4 Å². The fourth-order valence-corrected chi connectivity index (χ4v) is 2.74. The van der Waals surface area contributed by atoms with E-state index in [0.717, 1.165) is 6.42 Å². The number of aryl methyl sites for hydroxylation is 1. The molecule has 0 aliphatic heterocycles. The third kappa shape index (κ3) is 3.41. The van der Waals surface area contributed by atoms with Crippen molar-refractivity contribution in [1.29, 1.82) is 0 Å². The van der Waals surface area contributed by atoms with Crippen molar-refractivity contribution in [2.75, 3.05) is 6.54 Å². The van der Waals surface area contributed by atoms with Crippen LogP contribution in [0.4, 0.5) is 0 Å². The third-order valence-corrected chi connectivity index (χ3v) is 4.12. The van der Waals surface area contributed by atoms with Gasteiger partial charge in [0.2, 0.25) is 11.7 Å². The Labute approximate surface area is 149 Å². The molecule has 7 nitrogen and oxygen atoms in total. The van der Waals surface area contributed by atoms with Crippen molar-refractivity contribution in [2.24, 2.45) is 0 Å². The molecule has 2 heterocycles. The highest BCUT2D eigenvalue weighted by atomic mass is 35.5. The summed E-state index contributed by atoms with van der Waals surface area (Å²) in [5, 5.41) is 7.58. The van der Waals surface area contributed by atoms with E-state index in [-0.39, 0.29) is 18.0 Å². The lowest BCUT2D eigenvalue weighted by atomic mass is 10.2. The van der Waals surface area contributed by atoms with Crippen LogP contribution < -0.4 is 10.9 Å². The maximum atomic E-state index is 12.3. The van der Waals surface area contributed by atoms with Crippen LogP contribution in [-0.2, 0) is 11.3 Å². The van der Waals surface area contributed by atoms with E-state index in [1.165, 1.54) is 10.6 Å². The minimum Gasteiger partial charge on any atom is -0.355 e. The smallest absolute Gasteiger partial charge is 0.275 e. The van der Waals surface area contributed by atoms with Gasteiger partial charge in [-0.2, -0.15) is 9.50 Å². The van der Waals surface area contributed by atoms with Crippen LogP contribution in [0.15, 0.2) is 35.1 Å². The van der Waals surface area contributed by atoms with Gasteiger partial charge in [0.1, 0.15) is 6.54 Å². The molecule has 8 heteroatoms. The molecule has 0 aliphatic rings. The number of nitrogens with one attached hydrogen (secondary N) is 1. The van der Waals surface area contributed by atoms with Crippen molar-refractivity contribution in [2.45, 2.75) is 26.8 Å². The van der Waals surface area contributed by atoms with E-state index >= 15 is 0 Å². The number of carbonyl (C=O) groups is 1. The molecular weight excluding hydrogens is 342 g/mol. The second-order valence-electron chi connectivity index (χ2n) is 5.69. The Morgan fingerprint density at radius 2 is 2.08 bits per heavy atom. The molecule has 2 aromatic heterocycles. The van der Waals surface area contributed by atoms with Gasteiger partial charge in [-0.05, 0) is 25.5 Å². The number of nitrogens with zero attached hydrogens (tertiary/aromatic N) is 4. The summed E-state index contributed by atoms with van der Waals surface area (Å²) < 4.78 is 2.86. The number of rotatable bonds is 5. The zero-order valence-corrected chi connectivity index (χ0v) is 14.7. The van der Waals surface area contributed by atoms with Crippen LogP contribution in [0.1, 0.15) is 19.0 Å². The molecule has 0 fully saturated rings. The number of halogens is 1. The van der Waals surface area contributed by atoms with Crippen LogP contribution in [0, 0.1) is 6.92 Å². The molecular formula is C17H18ClN5O2. The van der Waals surface area contributed by atoms with Crippen LogP contribution in [-0.4, -0.2) is 31.6 Å². The molecule has 25 heavy (non-hydrogen) atoms. The largest absolute Gasteiger partial charge is 0.355 e. The van der Waals surface area contributed by atoms with E-state index in [1.807, 2.05) is 19.1 Å². The Hall–Kier alpha value is -2.67. The Morgan fingerprint density at radius 3 is 2.80 bits per heavy atom. The summed E-state index contributed by atoms with van der Waals surface area (Å²) in [6.45, 7) is 4.41. The molecule has 1 aromatic carbocycles. The molecule has 130 valence electrons. The standard InChI is InChI=1S/C17H18ClN5O2/c1-3-8-19-14(24)10-22-11(2)9-15(25)23-17(22)20-16(21-23)12-6-4-5-7-13(12)18/h4-7,9H,3,8,10H2,1-2H3,(H,19,24). The van der Waals surface area contributed by atoms with E-state index in [0.29, 0.717) is 34.4 Å². The van der Waals surface area contributed by atoms with Crippen molar-refractivity contribution in [1.82, 2.24) is 24.5 Å². The number of hydrogen-bond donors (Lipinski definition) is 1. The second kappa shape index (κ2) is 7.06. The van der Waals surface area contributed by atoms with Crippen LogP contribution in [0.5, 0.6) is 0 Å². The number of fused-ring (bicyclic) bond motifs is 1. The summed E-state index contributed by atoms with van der Waals surface area (Å²) in [5.41, 5.74) is 0.970. The molecule has 0 bridgehead atoms. The molecule has 3 rings (SSSR count). The highest BCUT2D eigenvalue weighted by Gasteiger charge is 2.16. The minimum absolute atomic E-state index is 0.0657. The highest BCUT2D eigenvalue weighted by molar-refractivity contribution is 6.33. The molecule has 0 saturated carbocycles. The van der Waals surface area contributed by atoms with Crippen molar-refractivity contribution in [3.63, 3.8) is 0 Å². The zero-order valence-electron chi connectivity index (χ0n) is 14.0. The normalized spacial score (nSPS) is 11.0. The van der Waals surface area contributed by atoms with Gasteiger partial charge in [-0.3, -0.25) is 9.59 Å². The van der Waals surface area contributed by atoms with E-state index in [9.17, 15) is 9.59 Å². The van der Waals surface area contributed by atoms with Crippen LogP contribution in [0.25, 0.3) is 17.2 Å². The second-order valence-corrected chi connectivity index (χ2v) is 6.09. The average Bonchev–Trinajstić information content (AvgIpc) is 3.02. The lowest BCUT2D eigenvalue weighted by molar-refractivity contribution is -0.121. The van der Waals surface area contributed by atoms with Crippen molar-refractivity contribution in [3.8, 4) is 11.4 Å². The SMILES string of the molecule is CCCNC(=O)Cn1c(C)cc(=O)n2nc(-c3ccccc3Cl)nc12. The van der Waals surface area contributed by atoms with Gasteiger partial charge in [0.05, 0.1) is 5.02 Å². The maximum absolute atomic E-state index is 12.3. The molecule has 0 radical (unpaired) electrons. The maximum Gasteiger partial charge on any atom is 0.275 e. The summed E-state index contributed by atoms with van der Waals surface area (Å²) >= 11 is 6.20. The van der Waals surface area contributed by atoms with Crippen LogP contribution >= 0.6 is 11.6 Å². The van der Waals surface area contributed by atoms with Crippen LogP contribution in [0.3, 0.4) is 0 Å². The molecule has 1 N–H and O–H groups in total. The lowest BCUT2D eigenvalue weighted by Gasteiger charge is -2.11. The zero-order chi connectivity index (χ0) is 18.0. The highest BCUT2D eigenvalue weighted by Crippen LogP contribution is 2.24. The Balaban J connectivity index is 2.10. The monoisotopic (exact) mass is 359 g/mol. The number of amides is 1. The Bertz CT molecular complexity index is 992. The summed E-state index contributed by atoms with van der Waals surface area (Å²) in [6, 6.07) is 8.58. The summed E-state index contributed by atoms with van der Waals surface area (Å²) in [5.74, 6) is 0.514. The molecule has 0 saturated heterocycles. The van der Waals surface area contributed by atoms with Gasteiger partial charge in [0, 0.05) is 23.9 Å². The van der Waals surface area contributed by atoms with E-state index in [1.54, 1.807) is 23.6 Å².